The molecular weight excluding hydrogens is 480 g/mol. The van der Waals surface area contributed by atoms with Crippen molar-refractivity contribution in [3.63, 3.8) is 0 Å². The number of urea groups is 1. The minimum atomic E-state index is -1.40. The fourth-order valence-corrected chi connectivity index (χ4v) is 4.68. The molecule has 0 saturated carbocycles. The maximum atomic E-state index is 12.8. The number of rotatable bonds is 11. The van der Waals surface area contributed by atoms with Gasteiger partial charge in [-0.05, 0) is 67.3 Å². The number of aliphatic carboxylic acids is 1. The van der Waals surface area contributed by atoms with E-state index in [0.29, 0.717) is 31.2 Å². The molecule has 3 aromatic rings. The molecule has 2 unspecified atom stereocenters. The highest BCUT2D eigenvalue weighted by atomic mass is 16.5. The third kappa shape index (κ3) is 6.46. The number of hydrogen-bond acceptors (Lipinski definition) is 4. The number of likely N-dealkylation sites (N-methyl/N-ethyl adjacent to an activating group) is 1. The van der Waals surface area contributed by atoms with Crippen LogP contribution in [-0.2, 0) is 17.8 Å². The zero-order valence-corrected chi connectivity index (χ0v) is 22.5. The van der Waals surface area contributed by atoms with Gasteiger partial charge in [0.05, 0.1) is 12.6 Å². The van der Waals surface area contributed by atoms with E-state index in [1.54, 1.807) is 24.0 Å². The Balaban J connectivity index is 1.28. The predicted octanol–water partition coefficient (Wildman–Crippen LogP) is 5.47. The van der Waals surface area contributed by atoms with Gasteiger partial charge in [-0.25, -0.2) is 9.59 Å². The van der Waals surface area contributed by atoms with Crippen LogP contribution in [0, 0.1) is 13.8 Å². The molecule has 4 rings (SSSR count). The second-order valence-corrected chi connectivity index (χ2v) is 10.3. The van der Waals surface area contributed by atoms with Crippen LogP contribution in [0.4, 0.5) is 4.79 Å². The van der Waals surface area contributed by atoms with Crippen molar-refractivity contribution < 1.29 is 24.2 Å². The van der Waals surface area contributed by atoms with Crippen molar-refractivity contribution >= 4 is 12.0 Å². The van der Waals surface area contributed by atoms with Gasteiger partial charge in [-0.15, -0.1) is 0 Å². The summed E-state index contributed by atoms with van der Waals surface area (Å²) in [6.07, 6.45) is 0.929. The van der Waals surface area contributed by atoms with E-state index in [1.165, 1.54) is 11.1 Å². The van der Waals surface area contributed by atoms with Gasteiger partial charge in [0.2, 0.25) is 5.60 Å². The fraction of sp³-hybridized carbons (Fsp3) is 0.355. The SMILES string of the molecule is Cc1ccc(CN2CC(CCOc3ccc(CC(C)(Oc4ccccc4)C(=O)O)cc3)N(C)C2=O)cc1C. The summed E-state index contributed by atoms with van der Waals surface area (Å²) in [7, 11) is 1.85. The quantitative estimate of drug-likeness (QED) is 0.365. The Morgan fingerprint density at radius 2 is 1.66 bits per heavy atom. The number of para-hydroxylation sites is 1. The molecule has 7 heteroatoms. The monoisotopic (exact) mass is 516 g/mol. The Bertz CT molecular complexity index is 1260. The largest absolute Gasteiger partial charge is 0.494 e. The zero-order chi connectivity index (χ0) is 27.3. The highest BCUT2D eigenvalue weighted by Crippen LogP contribution is 2.25. The van der Waals surface area contributed by atoms with Gasteiger partial charge in [0, 0.05) is 33.0 Å². The van der Waals surface area contributed by atoms with Crippen LogP contribution in [-0.4, -0.2) is 58.7 Å². The molecule has 0 aromatic heterocycles. The van der Waals surface area contributed by atoms with Gasteiger partial charge in [0.15, 0.2) is 0 Å². The van der Waals surface area contributed by atoms with E-state index in [-0.39, 0.29) is 18.5 Å². The minimum absolute atomic E-state index is 0.0387. The number of aryl methyl sites for hydroxylation is 2. The van der Waals surface area contributed by atoms with Crippen LogP contribution in [0.3, 0.4) is 0 Å². The lowest BCUT2D eigenvalue weighted by molar-refractivity contribution is -0.153. The Labute approximate surface area is 224 Å². The van der Waals surface area contributed by atoms with Crippen molar-refractivity contribution in [2.45, 2.75) is 51.8 Å². The first-order valence-corrected chi connectivity index (χ1v) is 12.9. The Hall–Kier alpha value is -4.00. The summed E-state index contributed by atoms with van der Waals surface area (Å²) < 4.78 is 11.8. The predicted molar refractivity (Wildman–Crippen MR) is 147 cm³/mol. The first kappa shape index (κ1) is 27.0. The van der Waals surface area contributed by atoms with Gasteiger partial charge < -0.3 is 24.4 Å². The molecule has 1 N–H and O–H groups in total. The molecule has 200 valence electrons. The average molecular weight is 517 g/mol. The normalized spacial score (nSPS) is 16.8. The summed E-state index contributed by atoms with van der Waals surface area (Å²) in [4.78, 5) is 28.5. The summed E-state index contributed by atoms with van der Waals surface area (Å²) in [5.74, 6) is 0.192. The van der Waals surface area contributed by atoms with Crippen molar-refractivity contribution in [1.82, 2.24) is 9.80 Å². The second-order valence-electron chi connectivity index (χ2n) is 10.3. The molecule has 0 bridgehead atoms. The van der Waals surface area contributed by atoms with Crippen molar-refractivity contribution in [3.05, 3.63) is 95.1 Å². The molecule has 0 spiro atoms. The Morgan fingerprint density at radius 3 is 2.32 bits per heavy atom. The van der Waals surface area contributed by atoms with E-state index in [4.69, 9.17) is 9.47 Å². The maximum Gasteiger partial charge on any atom is 0.348 e. The van der Waals surface area contributed by atoms with E-state index < -0.39 is 11.6 Å². The smallest absolute Gasteiger partial charge is 0.348 e. The van der Waals surface area contributed by atoms with Crippen LogP contribution in [0.5, 0.6) is 11.5 Å². The first-order valence-electron chi connectivity index (χ1n) is 12.9. The van der Waals surface area contributed by atoms with E-state index in [0.717, 1.165) is 17.5 Å². The average Bonchev–Trinajstić information content (AvgIpc) is 3.15. The van der Waals surface area contributed by atoms with Crippen LogP contribution in [0.2, 0.25) is 0 Å². The van der Waals surface area contributed by atoms with E-state index in [1.807, 2.05) is 54.4 Å². The molecule has 1 aliphatic rings. The lowest BCUT2D eigenvalue weighted by Gasteiger charge is -2.26. The van der Waals surface area contributed by atoms with Crippen LogP contribution >= 0.6 is 0 Å². The zero-order valence-electron chi connectivity index (χ0n) is 22.5. The van der Waals surface area contributed by atoms with Gasteiger partial charge in [-0.2, -0.15) is 0 Å². The summed E-state index contributed by atoms with van der Waals surface area (Å²) in [6.45, 7) is 7.50. The summed E-state index contributed by atoms with van der Waals surface area (Å²) >= 11 is 0. The third-order valence-corrected chi connectivity index (χ3v) is 7.22. The molecule has 1 fully saturated rings. The fourth-order valence-electron chi connectivity index (χ4n) is 4.68. The standard InChI is InChI=1S/C31H36N2O5/c1-22-10-11-25(18-23(22)2)20-33-21-26(32(4)30(33)36)16-17-37-27-14-12-24(13-15-27)19-31(3,29(34)35)38-28-8-6-5-7-9-28/h5-15,18,26H,16-17,19-21H2,1-4H3,(H,34,35). The lowest BCUT2D eigenvalue weighted by Crippen LogP contribution is -2.43. The van der Waals surface area contributed by atoms with Gasteiger partial charge in [-0.3, -0.25) is 0 Å². The highest BCUT2D eigenvalue weighted by molar-refractivity contribution is 5.78. The van der Waals surface area contributed by atoms with Crippen molar-refractivity contribution in [2.75, 3.05) is 20.2 Å². The van der Waals surface area contributed by atoms with E-state index in [9.17, 15) is 14.7 Å². The molecule has 7 nitrogen and oxygen atoms in total. The topological polar surface area (TPSA) is 79.3 Å². The molecular formula is C31H36N2O5. The lowest BCUT2D eigenvalue weighted by atomic mass is 9.96. The number of carboxylic acids is 1. The van der Waals surface area contributed by atoms with Crippen LogP contribution in [0.15, 0.2) is 72.8 Å². The number of carbonyl (C=O) groups excluding carboxylic acids is 1. The molecule has 38 heavy (non-hydrogen) atoms. The summed E-state index contributed by atoms with van der Waals surface area (Å²) in [6, 6.07) is 22.8. The number of carbonyl (C=O) groups is 2. The van der Waals surface area contributed by atoms with Crippen molar-refractivity contribution in [2.24, 2.45) is 0 Å². The van der Waals surface area contributed by atoms with Crippen LogP contribution in [0.25, 0.3) is 0 Å². The van der Waals surface area contributed by atoms with Gasteiger partial charge >= 0.3 is 12.0 Å². The molecule has 0 aliphatic carbocycles. The van der Waals surface area contributed by atoms with Crippen LogP contribution < -0.4 is 9.47 Å². The summed E-state index contributed by atoms with van der Waals surface area (Å²) in [5.41, 5.74) is 3.06. The van der Waals surface area contributed by atoms with Gasteiger partial charge in [0.1, 0.15) is 11.5 Å². The maximum absolute atomic E-state index is 12.8. The molecule has 2 atom stereocenters. The Kier molecular flexibility index (Phi) is 8.25. The first-order chi connectivity index (χ1) is 18.1. The minimum Gasteiger partial charge on any atom is -0.494 e. The number of amides is 2. The molecule has 2 amide bonds. The number of carboxylic acid groups (broad SMARTS) is 1. The van der Waals surface area contributed by atoms with E-state index >= 15 is 0 Å². The molecule has 1 heterocycles. The van der Waals surface area contributed by atoms with Gasteiger partial charge in [0.25, 0.3) is 0 Å². The third-order valence-electron chi connectivity index (χ3n) is 7.22. The molecule has 3 aromatic carbocycles. The molecule has 0 radical (unpaired) electrons. The molecule has 1 aliphatic heterocycles. The number of nitrogens with zero attached hydrogens (tertiary/aromatic N) is 2. The molecule has 1 saturated heterocycles. The van der Waals surface area contributed by atoms with Crippen LogP contribution in [0.1, 0.15) is 35.6 Å². The Morgan fingerprint density at radius 1 is 0.974 bits per heavy atom. The van der Waals surface area contributed by atoms with Crippen molar-refractivity contribution in [1.29, 1.82) is 0 Å². The summed E-state index contributed by atoms with van der Waals surface area (Å²) in [5, 5.41) is 9.81. The number of ether oxygens (including phenoxy) is 2. The van der Waals surface area contributed by atoms with Crippen molar-refractivity contribution in [3.8, 4) is 11.5 Å². The van der Waals surface area contributed by atoms with Gasteiger partial charge in [-0.1, -0.05) is 48.5 Å². The second kappa shape index (κ2) is 11.6. The highest BCUT2D eigenvalue weighted by Gasteiger charge is 2.36. The number of hydrogen-bond donors (Lipinski definition) is 1. The van der Waals surface area contributed by atoms with E-state index in [2.05, 4.69) is 32.0 Å². The number of benzene rings is 3.